The van der Waals surface area contributed by atoms with Crippen LogP contribution in [0.2, 0.25) is 0 Å². The van der Waals surface area contributed by atoms with Crippen molar-refractivity contribution in [2.75, 3.05) is 6.61 Å². The average molecular weight is 169 g/mol. The summed E-state index contributed by atoms with van der Waals surface area (Å²) in [5, 5.41) is 20.2. The topological polar surface area (TPSA) is 69.6 Å². The maximum absolute atomic E-state index is 10.4. The molecule has 0 aromatic carbocycles. The summed E-state index contributed by atoms with van der Waals surface area (Å²) in [5.74, 6) is -0.973. The van der Waals surface area contributed by atoms with E-state index in [0.29, 0.717) is 0 Å². The van der Waals surface area contributed by atoms with Crippen molar-refractivity contribution in [2.45, 2.75) is 12.5 Å². The molecule has 1 heterocycles. The predicted octanol–water partition coefficient (Wildman–Crippen LogP) is -0.135. The van der Waals surface area contributed by atoms with Crippen LogP contribution in [0.15, 0.2) is 23.9 Å². The Kier molecular flexibility index (Phi) is 2.19. The van der Waals surface area contributed by atoms with E-state index in [0.717, 1.165) is 0 Å². The fourth-order valence-electron chi connectivity index (χ4n) is 0.844. The van der Waals surface area contributed by atoms with Crippen LogP contribution in [-0.2, 0) is 4.79 Å². The molecule has 0 bridgehead atoms. The highest BCUT2D eigenvalue weighted by atomic mass is 16.4. The second kappa shape index (κ2) is 2.98. The van der Waals surface area contributed by atoms with E-state index in [1.54, 1.807) is 13.0 Å². The van der Waals surface area contributed by atoms with Gasteiger partial charge >= 0.3 is 5.97 Å². The van der Waals surface area contributed by atoms with Crippen molar-refractivity contribution in [3.05, 3.63) is 23.9 Å². The molecule has 0 saturated heterocycles. The molecule has 66 valence electrons. The van der Waals surface area contributed by atoms with Gasteiger partial charge < -0.3 is 15.5 Å². The molecule has 0 radical (unpaired) electrons. The standard InChI is InChI=1S/C8H11NO3/c1-8(5-10)3-2-6(4-9-8)7(11)12/h2-4,9-10H,5H2,1H3,(H,11,12). The van der Waals surface area contributed by atoms with Gasteiger partial charge in [-0.25, -0.2) is 4.79 Å². The lowest BCUT2D eigenvalue weighted by molar-refractivity contribution is -0.132. The largest absolute Gasteiger partial charge is 0.478 e. The molecule has 0 aromatic heterocycles. The third kappa shape index (κ3) is 1.65. The molecule has 3 N–H and O–H groups in total. The lowest BCUT2D eigenvalue weighted by atomic mass is 9.99. The molecule has 1 atom stereocenters. The summed E-state index contributed by atoms with van der Waals surface area (Å²) in [5.41, 5.74) is -0.334. The highest BCUT2D eigenvalue weighted by molar-refractivity contribution is 5.90. The van der Waals surface area contributed by atoms with Crippen molar-refractivity contribution >= 4 is 5.97 Å². The van der Waals surface area contributed by atoms with Crippen LogP contribution in [-0.4, -0.2) is 28.3 Å². The van der Waals surface area contributed by atoms with Gasteiger partial charge in [-0.05, 0) is 13.0 Å². The maximum atomic E-state index is 10.4. The summed E-state index contributed by atoms with van der Waals surface area (Å²) in [6.07, 6.45) is 4.50. The Hall–Kier alpha value is -1.29. The smallest absolute Gasteiger partial charge is 0.337 e. The number of nitrogens with one attached hydrogen (secondary N) is 1. The molecule has 1 rings (SSSR count). The predicted molar refractivity (Wildman–Crippen MR) is 43.5 cm³/mol. The molecule has 4 heteroatoms. The summed E-state index contributed by atoms with van der Waals surface area (Å²) < 4.78 is 0. The van der Waals surface area contributed by atoms with E-state index in [1.165, 1.54) is 12.3 Å². The Balaban J connectivity index is 2.74. The fourth-order valence-corrected chi connectivity index (χ4v) is 0.844. The van der Waals surface area contributed by atoms with E-state index in [-0.39, 0.29) is 12.2 Å². The molecular weight excluding hydrogens is 158 g/mol. The van der Waals surface area contributed by atoms with E-state index in [4.69, 9.17) is 10.2 Å². The second-order valence-electron chi connectivity index (χ2n) is 2.96. The molecule has 0 aliphatic carbocycles. The van der Waals surface area contributed by atoms with Gasteiger partial charge in [0.05, 0.1) is 17.7 Å². The highest BCUT2D eigenvalue weighted by Crippen LogP contribution is 2.12. The average Bonchev–Trinajstić information content (AvgIpc) is 2.05. The normalized spacial score (nSPS) is 27.7. The van der Waals surface area contributed by atoms with Gasteiger partial charge in [-0.15, -0.1) is 0 Å². The Morgan fingerprint density at radius 3 is 2.75 bits per heavy atom. The van der Waals surface area contributed by atoms with E-state index >= 15 is 0 Å². The van der Waals surface area contributed by atoms with E-state index < -0.39 is 11.5 Å². The summed E-state index contributed by atoms with van der Waals surface area (Å²) in [6, 6.07) is 0. The number of hydrogen-bond donors (Lipinski definition) is 3. The third-order valence-electron chi connectivity index (χ3n) is 1.76. The van der Waals surface area contributed by atoms with Crippen molar-refractivity contribution in [2.24, 2.45) is 0 Å². The van der Waals surface area contributed by atoms with Crippen LogP contribution in [0, 0.1) is 0 Å². The monoisotopic (exact) mass is 169 g/mol. The SMILES string of the molecule is CC1(CO)C=CC(C(=O)O)=CN1. The van der Waals surface area contributed by atoms with Crippen molar-refractivity contribution in [3.63, 3.8) is 0 Å². The molecule has 4 nitrogen and oxygen atoms in total. The van der Waals surface area contributed by atoms with Crippen molar-refractivity contribution in [1.29, 1.82) is 0 Å². The van der Waals surface area contributed by atoms with Crippen LogP contribution in [0.1, 0.15) is 6.92 Å². The molecule has 1 aliphatic rings. The first-order chi connectivity index (χ1) is 5.57. The molecule has 0 amide bonds. The lowest BCUT2D eigenvalue weighted by Crippen LogP contribution is -2.42. The zero-order valence-electron chi connectivity index (χ0n) is 6.74. The number of aliphatic hydroxyl groups is 1. The minimum absolute atomic E-state index is 0.0626. The van der Waals surface area contributed by atoms with Crippen LogP contribution in [0.25, 0.3) is 0 Å². The molecule has 12 heavy (non-hydrogen) atoms. The number of carbonyl (C=O) groups is 1. The number of carboxylic acids is 1. The molecule has 1 unspecified atom stereocenters. The number of aliphatic carboxylic acids is 1. The van der Waals surface area contributed by atoms with Gasteiger partial charge in [0.2, 0.25) is 0 Å². The van der Waals surface area contributed by atoms with E-state index in [1.807, 2.05) is 0 Å². The van der Waals surface area contributed by atoms with E-state index in [9.17, 15) is 4.79 Å². The first-order valence-electron chi connectivity index (χ1n) is 3.59. The van der Waals surface area contributed by atoms with Gasteiger partial charge in [0.1, 0.15) is 0 Å². The molecular formula is C8H11NO3. The van der Waals surface area contributed by atoms with Crippen LogP contribution in [0.3, 0.4) is 0 Å². The first-order valence-corrected chi connectivity index (χ1v) is 3.59. The maximum Gasteiger partial charge on any atom is 0.337 e. The number of dihydropyridines is 1. The molecule has 0 aromatic rings. The molecule has 0 fully saturated rings. The first kappa shape index (κ1) is 8.80. The molecule has 1 aliphatic heterocycles. The van der Waals surface area contributed by atoms with Crippen LogP contribution < -0.4 is 5.32 Å². The zero-order chi connectivity index (χ0) is 9.19. The third-order valence-corrected chi connectivity index (χ3v) is 1.76. The summed E-state index contributed by atoms with van der Waals surface area (Å²) in [4.78, 5) is 10.4. The minimum atomic E-state index is -0.973. The van der Waals surface area contributed by atoms with Crippen LogP contribution >= 0.6 is 0 Å². The van der Waals surface area contributed by atoms with E-state index in [2.05, 4.69) is 5.32 Å². The second-order valence-corrected chi connectivity index (χ2v) is 2.96. The van der Waals surface area contributed by atoms with Gasteiger partial charge in [-0.2, -0.15) is 0 Å². The number of carboxylic acid groups (broad SMARTS) is 1. The van der Waals surface area contributed by atoms with Gasteiger partial charge in [0.25, 0.3) is 0 Å². The number of hydrogen-bond acceptors (Lipinski definition) is 3. The Labute approximate surface area is 70.2 Å². The molecule has 0 saturated carbocycles. The molecule has 0 spiro atoms. The minimum Gasteiger partial charge on any atom is -0.478 e. The van der Waals surface area contributed by atoms with Crippen molar-refractivity contribution < 1.29 is 15.0 Å². The fraction of sp³-hybridized carbons (Fsp3) is 0.375. The summed E-state index contributed by atoms with van der Waals surface area (Å²) >= 11 is 0. The Morgan fingerprint density at radius 1 is 1.75 bits per heavy atom. The quantitative estimate of drug-likeness (QED) is 0.538. The summed E-state index contributed by atoms with van der Waals surface area (Å²) in [7, 11) is 0. The van der Waals surface area contributed by atoms with Crippen molar-refractivity contribution in [1.82, 2.24) is 5.32 Å². The van der Waals surface area contributed by atoms with Gasteiger partial charge in [0.15, 0.2) is 0 Å². The van der Waals surface area contributed by atoms with Gasteiger partial charge in [0, 0.05) is 6.20 Å². The van der Waals surface area contributed by atoms with Crippen LogP contribution in [0.4, 0.5) is 0 Å². The van der Waals surface area contributed by atoms with Gasteiger partial charge in [-0.3, -0.25) is 0 Å². The van der Waals surface area contributed by atoms with Crippen molar-refractivity contribution in [3.8, 4) is 0 Å². The highest BCUT2D eigenvalue weighted by Gasteiger charge is 2.21. The lowest BCUT2D eigenvalue weighted by Gasteiger charge is -2.26. The number of aliphatic hydroxyl groups excluding tert-OH is 1. The number of rotatable bonds is 2. The van der Waals surface area contributed by atoms with Crippen LogP contribution in [0.5, 0.6) is 0 Å². The zero-order valence-corrected chi connectivity index (χ0v) is 6.74. The Bertz CT molecular complexity index is 257. The van der Waals surface area contributed by atoms with Gasteiger partial charge in [-0.1, -0.05) is 6.08 Å². The Morgan fingerprint density at radius 2 is 2.42 bits per heavy atom. The summed E-state index contributed by atoms with van der Waals surface area (Å²) in [6.45, 7) is 1.71.